The number of nitriles is 2. The fraction of sp³-hybridized carbons (Fsp3) is 0. The molecule has 0 aliphatic carbocycles. The molecule has 0 radical (unpaired) electrons. The Kier molecular flexibility index (Phi) is 6.95. The first-order valence-corrected chi connectivity index (χ1v) is 18.5. The maximum atomic E-state index is 9.60. The fourth-order valence-corrected chi connectivity index (χ4v) is 8.47. The lowest BCUT2D eigenvalue weighted by Gasteiger charge is -2.19. The van der Waals surface area contributed by atoms with Crippen molar-refractivity contribution in [1.29, 1.82) is 10.5 Å². The predicted molar refractivity (Wildman–Crippen MR) is 227 cm³/mol. The quantitative estimate of drug-likeness (QED) is 0.170. The number of hydrogen-bond donors (Lipinski definition) is 0. The Hall–Kier alpha value is -7.92. The Morgan fingerprint density at radius 2 is 0.625 bits per heavy atom. The number of hydrogen-bond acceptors (Lipinski definition) is 4. The van der Waals surface area contributed by atoms with Gasteiger partial charge in [-0.3, -0.25) is 0 Å². The van der Waals surface area contributed by atoms with Crippen LogP contribution in [0.1, 0.15) is 11.1 Å². The van der Waals surface area contributed by atoms with Gasteiger partial charge in [0.15, 0.2) is 0 Å². The molecule has 56 heavy (non-hydrogen) atoms. The lowest BCUT2D eigenvalue weighted by atomic mass is 9.84. The van der Waals surface area contributed by atoms with Crippen LogP contribution in [0.25, 0.3) is 110 Å². The highest BCUT2D eigenvalue weighted by Crippen LogP contribution is 2.46. The molecule has 0 unspecified atom stereocenters. The zero-order chi connectivity index (χ0) is 37.3. The van der Waals surface area contributed by atoms with Gasteiger partial charge in [0, 0.05) is 21.5 Å². The lowest BCUT2D eigenvalue weighted by Crippen LogP contribution is -1.92. The molecule has 258 valence electrons. The molecule has 11 aromatic rings. The van der Waals surface area contributed by atoms with Gasteiger partial charge in [0.1, 0.15) is 22.3 Å². The summed E-state index contributed by atoms with van der Waals surface area (Å²) in [4.78, 5) is 0. The summed E-state index contributed by atoms with van der Waals surface area (Å²) in [7, 11) is 0. The molecule has 0 amide bonds. The number of fused-ring (bicyclic) bond motifs is 8. The van der Waals surface area contributed by atoms with Crippen molar-refractivity contribution in [3.05, 3.63) is 181 Å². The molecule has 2 aromatic heterocycles. The number of benzene rings is 9. The minimum Gasteiger partial charge on any atom is -0.456 e. The number of nitrogens with zero attached hydrogens (tertiary/aromatic N) is 2. The Bertz CT molecular complexity index is 3250. The topological polar surface area (TPSA) is 73.9 Å². The van der Waals surface area contributed by atoms with Gasteiger partial charge in [-0.2, -0.15) is 10.5 Å². The summed E-state index contributed by atoms with van der Waals surface area (Å²) in [5.74, 6) is 0. The molecule has 0 bridgehead atoms. The molecule has 0 atom stereocenters. The highest BCUT2D eigenvalue weighted by molar-refractivity contribution is 6.22. The Morgan fingerprint density at radius 1 is 0.286 bits per heavy atom. The molecule has 0 saturated carbocycles. The van der Waals surface area contributed by atoms with Crippen LogP contribution in [0.15, 0.2) is 179 Å². The summed E-state index contributed by atoms with van der Waals surface area (Å²) >= 11 is 0. The maximum Gasteiger partial charge on any atom is 0.135 e. The van der Waals surface area contributed by atoms with Crippen molar-refractivity contribution in [2.24, 2.45) is 0 Å². The molecule has 0 aliphatic rings. The molecule has 2 heterocycles. The van der Waals surface area contributed by atoms with E-state index in [0.29, 0.717) is 11.1 Å². The van der Waals surface area contributed by atoms with Crippen LogP contribution >= 0.6 is 0 Å². The minimum atomic E-state index is 0.608. The summed E-state index contributed by atoms with van der Waals surface area (Å²) in [6.45, 7) is 0. The zero-order valence-corrected chi connectivity index (χ0v) is 29.9. The highest BCUT2D eigenvalue weighted by Gasteiger charge is 2.19. The van der Waals surface area contributed by atoms with E-state index in [1.807, 2.05) is 36.4 Å². The Balaban J connectivity index is 1.17. The highest BCUT2D eigenvalue weighted by atomic mass is 16.3. The molecule has 4 heteroatoms. The van der Waals surface area contributed by atoms with E-state index in [1.165, 1.54) is 11.1 Å². The zero-order valence-electron chi connectivity index (χ0n) is 29.9. The average Bonchev–Trinajstić information content (AvgIpc) is 3.82. The van der Waals surface area contributed by atoms with E-state index in [2.05, 4.69) is 133 Å². The van der Waals surface area contributed by atoms with Gasteiger partial charge in [-0.15, -0.1) is 0 Å². The molecule has 0 aliphatic heterocycles. The van der Waals surface area contributed by atoms with Gasteiger partial charge in [0.2, 0.25) is 0 Å². The summed E-state index contributed by atoms with van der Waals surface area (Å²) < 4.78 is 12.3. The van der Waals surface area contributed by atoms with Crippen LogP contribution in [0.5, 0.6) is 0 Å². The average molecular weight is 713 g/mol. The van der Waals surface area contributed by atoms with Gasteiger partial charge >= 0.3 is 0 Å². The van der Waals surface area contributed by atoms with Crippen molar-refractivity contribution in [2.45, 2.75) is 0 Å². The second kappa shape index (κ2) is 12.3. The lowest BCUT2D eigenvalue weighted by molar-refractivity contribution is 0.668. The second-order valence-corrected chi connectivity index (χ2v) is 14.3. The van der Waals surface area contributed by atoms with Crippen LogP contribution in [0, 0.1) is 22.7 Å². The van der Waals surface area contributed by atoms with Gasteiger partial charge in [0.25, 0.3) is 0 Å². The standard InChI is InChI=1S/C52H28N2O2/c53-29-31-11-19-47-41(23-31)43-25-37(15-21-49(43)55-47)35-14-18-40-45(27-35)51(33-7-3-1-4-8-33)39-17-13-36(28-46(39)52(40)34-9-5-2-6-10-34)38-16-22-50-44(26-38)42-24-32(30-54)12-20-48(42)56-50/h1-28H. The Morgan fingerprint density at radius 3 is 1.02 bits per heavy atom. The van der Waals surface area contributed by atoms with Crippen molar-refractivity contribution in [3.8, 4) is 56.6 Å². The summed E-state index contributed by atoms with van der Waals surface area (Å²) in [6, 6.07) is 63.3. The molecule has 0 N–H and O–H groups in total. The third-order valence-corrected chi connectivity index (χ3v) is 11.1. The maximum absolute atomic E-state index is 9.60. The monoisotopic (exact) mass is 712 g/mol. The van der Waals surface area contributed by atoms with Crippen molar-refractivity contribution >= 4 is 65.4 Å². The van der Waals surface area contributed by atoms with E-state index in [1.54, 1.807) is 12.1 Å². The van der Waals surface area contributed by atoms with Gasteiger partial charge in [-0.25, -0.2) is 0 Å². The normalized spacial score (nSPS) is 11.5. The van der Waals surface area contributed by atoms with Crippen LogP contribution in [-0.4, -0.2) is 0 Å². The van der Waals surface area contributed by atoms with Crippen LogP contribution in [0.3, 0.4) is 0 Å². The van der Waals surface area contributed by atoms with Gasteiger partial charge < -0.3 is 8.83 Å². The molecular formula is C52H28N2O2. The SMILES string of the molecule is N#Cc1ccc2oc3ccc(-c4ccc5c(-c6ccccc6)c6cc(-c7ccc8oc9ccc(C#N)cc9c8c7)ccc6c(-c6ccccc6)c5c4)cc3c2c1. The molecule has 9 aromatic carbocycles. The summed E-state index contributed by atoms with van der Waals surface area (Å²) in [6.07, 6.45) is 0. The van der Waals surface area contributed by atoms with E-state index in [0.717, 1.165) is 98.8 Å². The van der Waals surface area contributed by atoms with E-state index < -0.39 is 0 Å². The van der Waals surface area contributed by atoms with Crippen molar-refractivity contribution in [3.63, 3.8) is 0 Å². The fourth-order valence-electron chi connectivity index (χ4n) is 8.47. The molecule has 0 fully saturated rings. The first-order valence-electron chi connectivity index (χ1n) is 18.5. The molecule has 11 rings (SSSR count). The van der Waals surface area contributed by atoms with Crippen LogP contribution in [0.4, 0.5) is 0 Å². The van der Waals surface area contributed by atoms with Crippen LogP contribution < -0.4 is 0 Å². The Labute approximate surface area is 321 Å². The predicted octanol–water partition coefficient (Wildman–Crippen LogP) is 14.2. The summed E-state index contributed by atoms with van der Waals surface area (Å²) in [5, 5.41) is 27.7. The first kappa shape index (κ1) is 31.6. The van der Waals surface area contributed by atoms with Crippen LogP contribution in [0.2, 0.25) is 0 Å². The van der Waals surface area contributed by atoms with Crippen molar-refractivity contribution in [2.75, 3.05) is 0 Å². The van der Waals surface area contributed by atoms with Crippen molar-refractivity contribution in [1.82, 2.24) is 0 Å². The van der Waals surface area contributed by atoms with Crippen molar-refractivity contribution < 1.29 is 8.83 Å². The number of furan rings is 2. The van der Waals surface area contributed by atoms with E-state index in [-0.39, 0.29) is 0 Å². The largest absolute Gasteiger partial charge is 0.456 e. The molecule has 0 saturated heterocycles. The molecular weight excluding hydrogens is 685 g/mol. The van der Waals surface area contributed by atoms with Gasteiger partial charge in [-0.1, -0.05) is 97.1 Å². The molecule has 4 nitrogen and oxygen atoms in total. The van der Waals surface area contributed by atoms with Gasteiger partial charge in [-0.05, 0) is 139 Å². The first-order chi connectivity index (χ1) is 27.6. The third-order valence-electron chi connectivity index (χ3n) is 11.1. The minimum absolute atomic E-state index is 0.608. The third kappa shape index (κ3) is 4.91. The van der Waals surface area contributed by atoms with E-state index >= 15 is 0 Å². The second-order valence-electron chi connectivity index (χ2n) is 14.3. The van der Waals surface area contributed by atoms with E-state index in [4.69, 9.17) is 8.83 Å². The number of rotatable bonds is 4. The smallest absolute Gasteiger partial charge is 0.135 e. The van der Waals surface area contributed by atoms with E-state index in [9.17, 15) is 10.5 Å². The summed E-state index contributed by atoms with van der Waals surface area (Å²) in [5.41, 5.74) is 13.3. The van der Waals surface area contributed by atoms with Crippen LogP contribution in [-0.2, 0) is 0 Å². The molecule has 0 spiro atoms. The van der Waals surface area contributed by atoms with Gasteiger partial charge in [0.05, 0.1) is 23.3 Å².